The van der Waals surface area contributed by atoms with E-state index >= 15 is 0 Å². The Morgan fingerprint density at radius 1 is 1.37 bits per heavy atom. The second kappa shape index (κ2) is 7.27. The van der Waals surface area contributed by atoms with E-state index in [1.54, 1.807) is 12.1 Å². The van der Waals surface area contributed by atoms with Crippen LogP contribution in [0.2, 0.25) is 0 Å². The Hall–Kier alpha value is -2.22. The number of carbonyl (C=O) groups is 1. The van der Waals surface area contributed by atoms with Crippen molar-refractivity contribution in [3.8, 4) is 0 Å². The molecule has 0 fully saturated rings. The third kappa shape index (κ3) is 5.77. The first-order valence-corrected chi connectivity index (χ1v) is 5.93. The lowest BCUT2D eigenvalue weighted by Gasteiger charge is -2.10. The highest BCUT2D eigenvalue weighted by atomic mass is 32.1. The number of nitro benzene ring substituents is 1. The molecule has 1 amide bonds. The highest BCUT2D eigenvalue weighted by molar-refractivity contribution is 7.80. The molecular weight excluding hydrogens is 268 g/mol. The van der Waals surface area contributed by atoms with Crippen molar-refractivity contribution in [1.29, 1.82) is 0 Å². The Balaban J connectivity index is 2.42. The molecule has 19 heavy (non-hydrogen) atoms. The Labute approximate surface area is 115 Å². The van der Waals surface area contributed by atoms with Gasteiger partial charge in [-0.1, -0.05) is 6.07 Å². The number of non-ortho nitro benzene ring substituents is 1. The van der Waals surface area contributed by atoms with Gasteiger partial charge in [-0.3, -0.25) is 14.9 Å². The maximum absolute atomic E-state index is 10.6. The molecule has 0 aliphatic carbocycles. The van der Waals surface area contributed by atoms with Crippen molar-refractivity contribution in [1.82, 2.24) is 10.6 Å². The molecule has 3 N–H and O–H groups in total. The van der Waals surface area contributed by atoms with Crippen LogP contribution in [0.15, 0.2) is 24.3 Å². The quantitative estimate of drug-likeness (QED) is 0.323. The van der Waals surface area contributed by atoms with Crippen molar-refractivity contribution in [3.63, 3.8) is 0 Å². The van der Waals surface area contributed by atoms with Crippen molar-refractivity contribution >= 4 is 34.6 Å². The molecule has 0 radical (unpaired) electrons. The van der Waals surface area contributed by atoms with Gasteiger partial charge in [0.05, 0.1) is 4.92 Å². The highest BCUT2D eigenvalue weighted by Gasteiger charge is 2.06. The van der Waals surface area contributed by atoms with Gasteiger partial charge in [-0.15, -0.1) is 0 Å². The first-order chi connectivity index (χ1) is 8.99. The van der Waals surface area contributed by atoms with E-state index in [9.17, 15) is 14.9 Å². The maximum Gasteiger partial charge on any atom is 0.271 e. The Kier molecular flexibility index (Phi) is 5.68. The molecule has 102 valence electrons. The molecule has 1 aromatic carbocycles. The maximum atomic E-state index is 10.6. The van der Waals surface area contributed by atoms with E-state index in [0.717, 1.165) is 0 Å². The summed E-state index contributed by atoms with van der Waals surface area (Å²) in [6, 6.07) is 6.04. The van der Waals surface area contributed by atoms with Crippen molar-refractivity contribution < 1.29 is 9.72 Å². The van der Waals surface area contributed by atoms with E-state index in [-0.39, 0.29) is 11.6 Å². The van der Waals surface area contributed by atoms with Gasteiger partial charge in [0.25, 0.3) is 5.69 Å². The lowest BCUT2D eigenvalue weighted by Crippen LogP contribution is -2.35. The molecular formula is C11H14N4O3S. The molecule has 1 aromatic rings. The molecule has 1 rings (SSSR count). The number of nitrogens with one attached hydrogen (secondary N) is 3. The number of carbonyl (C=O) groups excluding carboxylic acids is 1. The molecule has 8 heteroatoms. The first kappa shape index (κ1) is 14.8. The molecule has 0 aromatic heterocycles. The van der Waals surface area contributed by atoms with Crippen LogP contribution in [0.4, 0.5) is 11.4 Å². The van der Waals surface area contributed by atoms with Gasteiger partial charge in [0.1, 0.15) is 0 Å². The number of anilines is 1. The van der Waals surface area contributed by atoms with Crippen LogP contribution in [0, 0.1) is 10.1 Å². The van der Waals surface area contributed by atoms with Gasteiger partial charge in [-0.05, 0) is 18.3 Å². The average molecular weight is 282 g/mol. The predicted molar refractivity (Wildman–Crippen MR) is 76.0 cm³/mol. The topological polar surface area (TPSA) is 96.3 Å². The van der Waals surface area contributed by atoms with E-state index in [2.05, 4.69) is 16.0 Å². The van der Waals surface area contributed by atoms with Gasteiger partial charge < -0.3 is 16.0 Å². The molecule has 0 saturated carbocycles. The molecule has 0 aliphatic heterocycles. The summed E-state index contributed by atoms with van der Waals surface area (Å²) in [6.07, 6.45) is 0. The van der Waals surface area contributed by atoms with E-state index < -0.39 is 4.92 Å². The summed E-state index contributed by atoms with van der Waals surface area (Å²) < 4.78 is 0. The third-order valence-corrected chi connectivity index (χ3v) is 2.35. The zero-order valence-electron chi connectivity index (χ0n) is 10.3. The number of thiocarbonyl (C=S) groups is 1. The Morgan fingerprint density at radius 2 is 2.05 bits per heavy atom. The van der Waals surface area contributed by atoms with E-state index in [0.29, 0.717) is 23.9 Å². The molecule has 0 atom stereocenters. The van der Waals surface area contributed by atoms with Gasteiger partial charge in [-0.2, -0.15) is 0 Å². The fourth-order valence-corrected chi connectivity index (χ4v) is 1.51. The number of nitro groups is 1. The van der Waals surface area contributed by atoms with E-state index in [1.807, 2.05) is 0 Å². The minimum Gasteiger partial charge on any atom is -0.361 e. The van der Waals surface area contributed by atoms with Crippen molar-refractivity contribution in [2.45, 2.75) is 6.92 Å². The highest BCUT2D eigenvalue weighted by Crippen LogP contribution is 2.16. The monoisotopic (exact) mass is 282 g/mol. The number of hydrogen-bond donors (Lipinski definition) is 3. The van der Waals surface area contributed by atoms with E-state index in [1.165, 1.54) is 19.1 Å². The molecule has 0 bridgehead atoms. The standard InChI is InChI=1S/C11H14N4O3S/c1-8(16)12-5-6-13-11(19)14-9-3-2-4-10(7-9)15(17)18/h2-4,7H,5-6H2,1H3,(H,12,16)(H2,13,14,19). The Morgan fingerprint density at radius 3 is 2.68 bits per heavy atom. The lowest BCUT2D eigenvalue weighted by atomic mass is 10.3. The molecule has 0 heterocycles. The van der Waals surface area contributed by atoms with Crippen LogP contribution in [-0.4, -0.2) is 29.0 Å². The van der Waals surface area contributed by atoms with Crippen LogP contribution in [-0.2, 0) is 4.79 Å². The number of amides is 1. The second-order valence-corrected chi connectivity index (χ2v) is 4.08. The van der Waals surface area contributed by atoms with Gasteiger partial charge >= 0.3 is 0 Å². The van der Waals surface area contributed by atoms with Crippen molar-refractivity contribution in [2.24, 2.45) is 0 Å². The predicted octanol–water partition coefficient (Wildman–Crippen LogP) is 1.02. The first-order valence-electron chi connectivity index (χ1n) is 5.53. The van der Waals surface area contributed by atoms with Crippen LogP contribution in [0.1, 0.15) is 6.92 Å². The molecule has 7 nitrogen and oxygen atoms in total. The second-order valence-electron chi connectivity index (χ2n) is 3.67. The number of hydrogen-bond acceptors (Lipinski definition) is 4. The fourth-order valence-electron chi connectivity index (χ4n) is 1.29. The zero-order valence-corrected chi connectivity index (χ0v) is 11.1. The summed E-state index contributed by atoms with van der Waals surface area (Å²) in [4.78, 5) is 20.8. The van der Waals surface area contributed by atoms with Gasteiger partial charge in [0.15, 0.2) is 5.11 Å². The van der Waals surface area contributed by atoms with Crippen LogP contribution >= 0.6 is 12.2 Å². The smallest absolute Gasteiger partial charge is 0.271 e. The summed E-state index contributed by atoms with van der Waals surface area (Å²) in [5.74, 6) is -0.112. The van der Waals surface area contributed by atoms with Gasteiger partial charge in [0.2, 0.25) is 5.91 Å². The molecule has 0 spiro atoms. The van der Waals surface area contributed by atoms with Crippen molar-refractivity contribution in [2.75, 3.05) is 18.4 Å². The molecule has 0 saturated heterocycles. The summed E-state index contributed by atoms with van der Waals surface area (Å²) in [5, 5.41) is 19.3. The summed E-state index contributed by atoms with van der Waals surface area (Å²) in [7, 11) is 0. The van der Waals surface area contributed by atoms with Crippen LogP contribution in [0.5, 0.6) is 0 Å². The largest absolute Gasteiger partial charge is 0.361 e. The lowest BCUT2D eigenvalue weighted by molar-refractivity contribution is -0.384. The van der Waals surface area contributed by atoms with E-state index in [4.69, 9.17) is 12.2 Å². The van der Waals surface area contributed by atoms with Crippen LogP contribution < -0.4 is 16.0 Å². The number of benzene rings is 1. The van der Waals surface area contributed by atoms with Crippen molar-refractivity contribution in [3.05, 3.63) is 34.4 Å². The minimum atomic E-state index is -0.474. The minimum absolute atomic E-state index is 0.00829. The van der Waals surface area contributed by atoms with Gasteiger partial charge in [-0.25, -0.2) is 0 Å². The average Bonchev–Trinajstić information content (AvgIpc) is 2.34. The molecule has 0 unspecified atom stereocenters. The summed E-state index contributed by atoms with van der Waals surface area (Å²) in [5.41, 5.74) is 0.525. The van der Waals surface area contributed by atoms with Gasteiger partial charge in [0, 0.05) is 37.8 Å². The SMILES string of the molecule is CC(=O)NCCNC(=S)Nc1cccc([N+](=O)[O-])c1. The number of nitrogens with zero attached hydrogens (tertiary/aromatic N) is 1. The summed E-state index contributed by atoms with van der Waals surface area (Å²) >= 11 is 5.02. The Bertz CT molecular complexity index is 493. The molecule has 0 aliphatic rings. The van der Waals surface area contributed by atoms with Crippen LogP contribution in [0.25, 0.3) is 0 Å². The normalized spacial score (nSPS) is 9.53. The fraction of sp³-hybridized carbons (Fsp3) is 0.273. The zero-order chi connectivity index (χ0) is 14.3. The summed E-state index contributed by atoms with van der Waals surface area (Å²) in [6.45, 7) is 2.35. The third-order valence-electron chi connectivity index (χ3n) is 2.10. The number of rotatable bonds is 5. The van der Waals surface area contributed by atoms with Crippen LogP contribution in [0.3, 0.4) is 0 Å².